The van der Waals surface area contributed by atoms with Gasteiger partial charge in [0.05, 0.1) is 19.4 Å². The van der Waals surface area contributed by atoms with Gasteiger partial charge in [0, 0.05) is 6.54 Å². The fraction of sp³-hybridized carbons (Fsp3) is 0.727. The van der Waals surface area contributed by atoms with Gasteiger partial charge in [-0.15, -0.1) is 5.10 Å². The minimum Gasteiger partial charge on any atom is -0.388 e. The molecule has 118 valence electrons. The van der Waals surface area contributed by atoms with E-state index in [2.05, 4.69) is 10.3 Å². The number of nitrogens with zero attached hydrogens (tertiary/aromatic N) is 4. The molecule has 2 heterocycles. The molecule has 1 aliphatic heterocycles. The van der Waals surface area contributed by atoms with Gasteiger partial charge >= 0.3 is 6.18 Å². The number of rotatable bonds is 4. The van der Waals surface area contributed by atoms with E-state index in [1.807, 2.05) is 0 Å². The molecule has 0 aromatic carbocycles. The van der Waals surface area contributed by atoms with Crippen LogP contribution in [-0.2, 0) is 4.74 Å². The summed E-state index contributed by atoms with van der Waals surface area (Å²) in [5.41, 5.74) is -0.194. The van der Waals surface area contributed by atoms with E-state index in [0.717, 1.165) is 0 Å². The summed E-state index contributed by atoms with van der Waals surface area (Å²) in [6, 6.07) is -0.489. The van der Waals surface area contributed by atoms with Crippen molar-refractivity contribution in [2.45, 2.75) is 25.2 Å². The quantitative estimate of drug-likeness (QED) is 0.861. The van der Waals surface area contributed by atoms with Gasteiger partial charge in [-0.05, 0) is 6.92 Å². The minimum absolute atomic E-state index is 0.0969. The summed E-state index contributed by atoms with van der Waals surface area (Å²) in [6.45, 7) is 0.356. The molecular weight excluding hydrogens is 293 g/mol. The van der Waals surface area contributed by atoms with Crippen LogP contribution in [0.1, 0.15) is 23.5 Å². The summed E-state index contributed by atoms with van der Waals surface area (Å²) in [7, 11) is 0. The van der Waals surface area contributed by atoms with Crippen LogP contribution in [0, 0.1) is 0 Å². The Morgan fingerprint density at radius 2 is 2.29 bits per heavy atom. The predicted molar refractivity (Wildman–Crippen MR) is 63.5 cm³/mol. The third-order valence-corrected chi connectivity index (χ3v) is 3.13. The van der Waals surface area contributed by atoms with E-state index < -0.39 is 30.8 Å². The molecule has 2 atom stereocenters. The van der Waals surface area contributed by atoms with Crippen LogP contribution in [0.2, 0.25) is 0 Å². The summed E-state index contributed by atoms with van der Waals surface area (Å²) in [5, 5.41) is 16.9. The Bertz CT molecular complexity index is 505. The monoisotopic (exact) mass is 308 g/mol. The second-order valence-corrected chi connectivity index (χ2v) is 4.69. The van der Waals surface area contributed by atoms with Crippen molar-refractivity contribution in [2.75, 3.05) is 26.3 Å². The molecule has 0 spiro atoms. The maximum Gasteiger partial charge on any atom is 0.406 e. The summed E-state index contributed by atoms with van der Waals surface area (Å²) in [5.74, 6) is -0.852. The molecule has 1 aromatic rings. The van der Waals surface area contributed by atoms with Gasteiger partial charge in [0.2, 0.25) is 0 Å². The molecule has 2 rings (SSSR count). The average molecular weight is 308 g/mol. The van der Waals surface area contributed by atoms with Crippen molar-refractivity contribution in [1.82, 2.24) is 19.9 Å². The number of halogens is 3. The predicted octanol–water partition coefficient (Wildman–Crippen LogP) is 0.235. The molecule has 0 radical (unpaired) electrons. The van der Waals surface area contributed by atoms with Crippen LogP contribution in [0.3, 0.4) is 0 Å². The Morgan fingerprint density at radius 1 is 1.57 bits per heavy atom. The SMILES string of the molecule is CCN(CC(F)(F)F)C(=O)c1cn([C@@H]2COC[C@H]2O)nn1. The van der Waals surface area contributed by atoms with Gasteiger partial charge in [-0.25, -0.2) is 4.68 Å². The van der Waals surface area contributed by atoms with E-state index >= 15 is 0 Å². The molecule has 7 nitrogen and oxygen atoms in total. The molecule has 1 N–H and O–H groups in total. The summed E-state index contributed by atoms with van der Waals surface area (Å²) < 4.78 is 43.4. The number of carbonyl (C=O) groups excluding carboxylic acids is 1. The van der Waals surface area contributed by atoms with Crippen LogP contribution in [-0.4, -0.2) is 69.5 Å². The van der Waals surface area contributed by atoms with Gasteiger partial charge in [-0.3, -0.25) is 4.79 Å². The topological polar surface area (TPSA) is 80.5 Å². The summed E-state index contributed by atoms with van der Waals surface area (Å²) in [6.07, 6.45) is -4.03. The molecule has 0 aliphatic carbocycles. The number of aliphatic hydroxyl groups is 1. The van der Waals surface area contributed by atoms with Crippen molar-refractivity contribution in [2.24, 2.45) is 0 Å². The number of hydrogen-bond acceptors (Lipinski definition) is 5. The number of carbonyl (C=O) groups is 1. The fourth-order valence-corrected chi connectivity index (χ4v) is 2.03. The lowest BCUT2D eigenvalue weighted by Crippen LogP contribution is -2.39. The molecular formula is C11H15F3N4O3. The van der Waals surface area contributed by atoms with E-state index in [4.69, 9.17) is 4.74 Å². The van der Waals surface area contributed by atoms with Crippen LogP contribution < -0.4 is 0 Å². The second-order valence-electron chi connectivity index (χ2n) is 4.69. The Kier molecular flexibility index (Phi) is 4.47. The third kappa shape index (κ3) is 3.70. The van der Waals surface area contributed by atoms with Gasteiger partial charge in [0.25, 0.3) is 5.91 Å². The molecule has 1 amide bonds. The molecule has 1 fully saturated rings. The minimum atomic E-state index is -4.48. The van der Waals surface area contributed by atoms with Crippen LogP contribution in [0.25, 0.3) is 0 Å². The van der Waals surface area contributed by atoms with E-state index in [-0.39, 0.29) is 25.5 Å². The van der Waals surface area contributed by atoms with Gasteiger partial charge in [0.15, 0.2) is 5.69 Å². The first-order valence-corrected chi connectivity index (χ1v) is 6.35. The maximum absolute atomic E-state index is 12.4. The zero-order valence-corrected chi connectivity index (χ0v) is 11.2. The van der Waals surface area contributed by atoms with Crippen LogP contribution in [0.15, 0.2) is 6.20 Å². The van der Waals surface area contributed by atoms with Gasteiger partial charge in [-0.1, -0.05) is 5.21 Å². The van der Waals surface area contributed by atoms with Gasteiger partial charge in [0.1, 0.15) is 18.7 Å². The highest BCUT2D eigenvalue weighted by atomic mass is 19.4. The number of aromatic nitrogens is 3. The lowest BCUT2D eigenvalue weighted by atomic mass is 10.2. The van der Waals surface area contributed by atoms with Crippen molar-refractivity contribution in [3.8, 4) is 0 Å². The molecule has 1 aromatic heterocycles. The first-order valence-electron chi connectivity index (χ1n) is 6.35. The molecule has 1 aliphatic rings. The molecule has 10 heteroatoms. The lowest BCUT2D eigenvalue weighted by molar-refractivity contribution is -0.140. The smallest absolute Gasteiger partial charge is 0.388 e. The Labute approximate surface area is 118 Å². The van der Waals surface area contributed by atoms with Crippen LogP contribution in [0.4, 0.5) is 13.2 Å². The fourth-order valence-electron chi connectivity index (χ4n) is 2.03. The normalized spacial score (nSPS) is 22.5. The highest BCUT2D eigenvalue weighted by Crippen LogP contribution is 2.20. The number of alkyl halides is 3. The molecule has 0 unspecified atom stereocenters. The summed E-state index contributed by atoms with van der Waals surface area (Å²) in [4.78, 5) is 12.6. The zero-order chi connectivity index (χ0) is 15.6. The number of hydrogen-bond donors (Lipinski definition) is 1. The molecule has 21 heavy (non-hydrogen) atoms. The van der Waals surface area contributed by atoms with E-state index in [0.29, 0.717) is 4.90 Å². The maximum atomic E-state index is 12.4. The van der Waals surface area contributed by atoms with Crippen molar-refractivity contribution < 1.29 is 27.8 Å². The summed E-state index contributed by atoms with van der Waals surface area (Å²) >= 11 is 0. The van der Waals surface area contributed by atoms with Crippen molar-refractivity contribution in [3.63, 3.8) is 0 Å². The van der Waals surface area contributed by atoms with Crippen LogP contribution in [0.5, 0.6) is 0 Å². The zero-order valence-electron chi connectivity index (χ0n) is 11.2. The number of amides is 1. The highest BCUT2D eigenvalue weighted by molar-refractivity contribution is 5.91. The first-order chi connectivity index (χ1) is 9.81. The second kappa shape index (κ2) is 5.98. The average Bonchev–Trinajstić information content (AvgIpc) is 3.02. The van der Waals surface area contributed by atoms with Gasteiger partial charge < -0.3 is 14.7 Å². The Balaban J connectivity index is 2.10. The molecule has 0 saturated carbocycles. The third-order valence-electron chi connectivity index (χ3n) is 3.13. The van der Waals surface area contributed by atoms with E-state index in [1.54, 1.807) is 0 Å². The standard InChI is InChI=1S/C11H15F3N4O3/c1-2-17(6-11(12,13)14)10(20)7-3-18(16-15-7)8-4-21-5-9(8)19/h3,8-9,19H,2,4-6H2,1H3/t8-,9-/m1/s1. The van der Waals surface area contributed by atoms with E-state index in [9.17, 15) is 23.1 Å². The molecule has 1 saturated heterocycles. The van der Waals surface area contributed by atoms with Crippen LogP contribution >= 0.6 is 0 Å². The number of aliphatic hydroxyl groups excluding tert-OH is 1. The molecule has 0 bridgehead atoms. The highest BCUT2D eigenvalue weighted by Gasteiger charge is 2.34. The largest absolute Gasteiger partial charge is 0.406 e. The van der Waals surface area contributed by atoms with Crippen molar-refractivity contribution in [1.29, 1.82) is 0 Å². The first kappa shape index (κ1) is 15.7. The van der Waals surface area contributed by atoms with Crippen molar-refractivity contribution >= 4 is 5.91 Å². The number of ether oxygens (including phenoxy) is 1. The Hall–Kier alpha value is -1.68. The Morgan fingerprint density at radius 3 is 2.81 bits per heavy atom. The van der Waals surface area contributed by atoms with Crippen molar-refractivity contribution in [3.05, 3.63) is 11.9 Å². The van der Waals surface area contributed by atoms with E-state index in [1.165, 1.54) is 17.8 Å². The van der Waals surface area contributed by atoms with Gasteiger partial charge in [-0.2, -0.15) is 13.2 Å². The lowest BCUT2D eigenvalue weighted by Gasteiger charge is -2.20.